The summed E-state index contributed by atoms with van der Waals surface area (Å²) in [5, 5.41) is 15.7. The van der Waals surface area contributed by atoms with Gasteiger partial charge >= 0.3 is 12.1 Å². The SMILES string of the molecule is CC(C)(C)OC(=O)C[C@H](Cc1cc(CON(CCOS(C)(=O)=O)CCOS(C)(=O)=O)ccc1[N+](=O)[O-])NC(=O)OC(C)(C)C. The van der Waals surface area contributed by atoms with E-state index in [1.807, 2.05) is 0 Å². The minimum atomic E-state index is -3.74. The maximum Gasteiger partial charge on any atom is 0.407 e. The average Bonchev–Trinajstić information content (AvgIpc) is 2.77. The van der Waals surface area contributed by atoms with E-state index in [1.165, 1.54) is 23.3 Å². The van der Waals surface area contributed by atoms with Gasteiger partial charge in [-0.25, -0.2) is 4.79 Å². The predicted molar refractivity (Wildman–Crippen MR) is 158 cm³/mol. The Kier molecular flexibility index (Phi) is 14.6. The topological polar surface area (TPSA) is 207 Å². The fourth-order valence-corrected chi connectivity index (χ4v) is 4.31. The summed E-state index contributed by atoms with van der Waals surface area (Å²) in [7, 11) is -7.49. The molecule has 0 saturated heterocycles. The van der Waals surface area contributed by atoms with Gasteiger partial charge < -0.3 is 14.8 Å². The summed E-state index contributed by atoms with van der Waals surface area (Å²) in [6.45, 7) is 9.08. The Bertz CT molecular complexity index is 1280. The van der Waals surface area contributed by atoms with Crippen molar-refractivity contribution in [1.29, 1.82) is 0 Å². The minimum Gasteiger partial charge on any atom is -0.460 e. The Balaban J connectivity index is 3.21. The highest BCUT2D eigenvalue weighted by atomic mass is 32.2. The number of nitro groups is 1. The second-order valence-corrected chi connectivity index (χ2v) is 15.1. The zero-order valence-corrected chi connectivity index (χ0v) is 27.9. The maximum absolute atomic E-state index is 12.6. The largest absolute Gasteiger partial charge is 0.460 e. The molecule has 44 heavy (non-hydrogen) atoms. The van der Waals surface area contributed by atoms with Crippen molar-refractivity contribution in [2.24, 2.45) is 0 Å². The summed E-state index contributed by atoms with van der Waals surface area (Å²) in [4.78, 5) is 42.1. The van der Waals surface area contributed by atoms with E-state index in [4.69, 9.17) is 22.7 Å². The van der Waals surface area contributed by atoms with E-state index >= 15 is 0 Å². The Labute approximate surface area is 258 Å². The Morgan fingerprint density at radius 3 is 1.91 bits per heavy atom. The van der Waals surface area contributed by atoms with Crippen molar-refractivity contribution < 1.29 is 54.0 Å². The summed E-state index contributed by atoms with van der Waals surface area (Å²) in [5.41, 5.74) is -1.30. The number of hydrogen-bond acceptors (Lipinski definition) is 14. The van der Waals surface area contributed by atoms with Crippen molar-refractivity contribution in [3.8, 4) is 0 Å². The molecule has 252 valence electrons. The lowest BCUT2D eigenvalue weighted by molar-refractivity contribution is -0.385. The number of carbonyl (C=O) groups excluding carboxylic acids is 2. The number of carbonyl (C=O) groups is 2. The minimum absolute atomic E-state index is 0.0855. The Hall–Kier alpha value is -2.90. The van der Waals surface area contributed by atoms with Gasteiger partial charge in [-0.1, -0.05) is 0 Å². The van der Waals surface area contributed by atoms with E-state index in [9.17, 15) is 36.5 Å². The molecule has 1 N–H and O–H groups in total. The molecule has 0 radical (unpaired) electrons. The first-order valence-corrected chi connectivity index (χ1v) is 17.1. The van der Waals surface area contributed by atoms with E-state index < -0.39 is 54.5 Å². The van der Waals surface area contributed by atoms with Crippen LogP contribution in [-0.4, -0.2) is 94.9 Å². The van der Waals surface area contributed by atoms with Crippen LogP contribution in [0.4, 0.5) is 10.5 Å². The van der Waals surface area contributed by atoms with Crippen LogP contribution in [0.5, 0.6) is 0 Å². The predicted octanol–water partition coefficient (Wildman–Crippen LogP) is 2.45. The molecule has 0 unspecified atom stereocenters. The Morgan fingerprint density at radius 1 is 0.932 bits per heavy atom. The van der Waals surface area contributed by atoms with Gasteiger partial charge in [0.05, 0.1) is 43.7 Å². The van der Waals surface area contributed by atoms with Crippen LogP contribution in [0.3, 0.4) is 0 Å². The van der Waals surface area contributed by atoms with Crippen LogP contribution < -0.4 is 5.32 Å². The van der Waals surface area contributed by atoms with Gasteiger partial charge in [0, 0.05) is 37.2 Å². The normalized spacial score (nSPS) is 13.4. The van der Waals surface area contributed by atoms with Gasteiger partial charge in [-0.05, 0) is 59.2 Å². The molecular formula is C26H43N3O13S2. The molecule has 1 rings (SSSR count). The molecule has 0 saturated carbocycles. The zero-order chi connectivity index (χ0) is 33.9. The number of amides is 1. The molecule has 0 aliphatic heterocycles. The van der Waals surface area contributed by atoms with E-state index in [0.29, 0.717) is 5.56 Å². The number of nitro benzene ring substituents is 1. The van der Waals surface area contributed by atoms with Crippen molar-refractivity contribution in [3.63, 3.8) is 0 Å². The number of nitrogens with one attached hydrogen (secondary N) is 1. The van der Waals surface area contributed by atoms with Crippen molar-refractivity contribution in [1.82, 2.24) is 10.4 Å². The van der Waals surface area contributed by atoms with E-state index in [-0.39, 0.29) is 57.0 Å². The molecule has 0 spiro atoms. The fraction of sp³-hybridized carbons (Fsp3) is 0.692. The van der Waals surface area contributed by atoms with E-state index in [0.717, 1.165) is 12.5 Å². The average molecular weight is 670 g/mol. The van der Waals surface area contributed by atoms with Gasteiger partial charge in [0.1, 0.15) is 11.2 Å². The summed E-state index contributed by atoms with van der Waals surface area (Å²) in [6.07, 6.45) is 0.477. The van der Waals surface area contributed by atoms with Gasteiger partial charge in [0.25, 0.3) is 25.9 Å². The molecule has 0 aliphatic carbocycles. The smallest absolute Gasteiger partial charge is 0.407 e. The van der Waals surface area contributed by atoms with Crippen LogP contribution in [0.1, 0.15) is 59.1 Å². The molecule has 0 aliphatic rings. The molecule has 1 aromatic rings. The van der Waals surface area contributed by atoms with E-state index in [2.05, 4.69) is 5.32 Å². The fourth-order valence-electron chi connectivity index (χ4n) is 3.56. The standard InChI is InChI=1S/C26H43N3O13S2/c1-25(2,3)41-23(30)17-21(27-24(31)42-26(4,5)6)16-20-15-19(9-10-22(20)29(32)33)18-38-28(11-13-39-43(7,34)35)12-14-40-44(8,36)37/h9-10,15,21H,11-14,16-18H2,1-8H3,(H,27,31)/t21-/m0/s1. The van der Waals surface area contributed by atoms with Crippen molar-refractivity contribution in [2.75, 3.05) is 38.8 Å². The molecule has 1 atom stereocenters. The van der Waals surface area contributed by atoms with E-state index in [1.54, 1.807) is 41.5 Å². The first-order chi connectivity index (χ1) is 19.9. The van der Waals surface area contributed by atoms with Crippen molar-refractivity contribution in [2.45, 2.75) is 78.2 Å². The number of hydrogen-bond donors (Lipinski definition) is 1. The number of alkyl carbamates (subject to hydrolysis) is 1. The van der Waals surface area contributed by atoms with Gasteiger partial charge in [0.2, 0.25) is 0 Å². The summed E-state index contributed by atoms with van der Waals surface area (Å²) < 4.78 is 65.4. The number of hydroxylamine groups is 2. The molecule has 1 aromatic carbocycles. The van der Waals surface area contributed by atoms with Gasteiger partial charge in [-0.2, -0.15) is 21.9 Å². The summed E-state index contributed by atoms with van der Waals surface area (Å²) >= 11 is 0. The second kappa shape index (κ2) is 16.4. The van der Waals surface area contributed by atoms with Crippen molar-refractivity contribution >= 4 is 38.0 Å². The molecule has 0 fully saturated rings. The highest BCUT2D eigenvalue weighted by Gasteiger charge is 2.27. The first-order valence-electron chi connectivity index (χ1n) is 13.5. The molecule has 1 amide bonds. The summed E-state index contributed by atoms with van der Waals surface area (Å²) in [6, 6.07) is 3.21. The van der Waals surface area contributed by atoms with Gasteiger partial charge in [-0.3, -0.25) is 28.1 Å². The Morgan fingerprint density at radius 2 is 1.45 bits per heavy atom. The second-order valence-electron chi connectivity index (χ2n) is 11.8. The molecule has 0 aromatic heterocycles. The number of rotatable bonds is 17. The number of benzene rings is 1. The third-order valence-corrected chi connectivity index (χ3v) is 6.24. The molecular weight excluding hydrogens is 626 g/mol. The third-order valence-electron chi connectivity index (χ3n) is 5.05. The quantitative estimate of drug-likeness (QED) is 0.109. The van der Waals surface area contributed by atoms with Crippen LogP contribution in [-0.2, 0) is 60.7 Å². The van der Waals surface area contributed by atoms with Gasteiger partial charge in [0.15, 0.2) is 0 Å². The highest BCUT2D eigenvalue weighted by Crippen LogP contribution is 2.24. The van der Waals surface area contributed by atoms with Crippen LogP contribution in [0, 0.1) is 10.1 Å². The van der Waals surface area contributed by atoms with Crippen molar-refractivity contribution in [3.05, 3.63) is 39.4 Å². The molecule has 0 heterocycles. The lowest BCUT2D eigenvalue weighted by Gasteiger charge is -2.25. The number of esters is 1. The lowest BCUT2D eigenvalue weighted by atomic mass is 9.99. The van der Waals surface area contributed by atoms with Crippen LogP contribution in [0.2, 0.25) is 0 Å². The zero-order valence-electron chi connectivity index (χ0n) is 26.3. The third kappa shape index (κ3) is 18.7. The van der Waals surface area contributed by atoms with Crippen LogP contribution >= 0.6 is 0 Å². The lowest BCUT2D eigenvalue weighted by Crippen LogP contribution is -2.42. The molecule has 18 heteroatoms. The number of ether oxygens (including phenoxy) is 2. The summed E-state index contributed by atoms with van der Waals surface area (Å²) in [5.74, 6) is -0.635. The van der Waals surface area contributed by atoms with Crippen LogP contribution in [0.25, 0.3) is 0 Å². The first kappa shape index (κ1) is 39.1. The highest BCUT2D eigenvalue weighted by molar-refractivity contribution is 7.86. The molecule has 16 nitrogen and oxygen atoms in total. The number of nitrogens with zero attached hydrogens (tertiary/aromatic N) is 2. The van der Waals surface area contributed by atoms with Gasteiger partial charge in [-0.15, -0.1) is 0 Å². The monoisotopic (exact) mass is 669 g/mol. The van der Waals surface area contributed by atoms with Crippen LogP contribution in [0.15, 0.2) is 18.2 Å². The maximum atomic E-state index is 12.6. The molecule has 0 bridgehead atoms.